The first kappa shape index (κ1) is 13.1. The molecule has 98 valence electrons. The molecular weight excluding hydrogens is 267 g/mol. The highest BCUT2D eigenvalue weighted by Gasteiger charge is 2.34. The predicted molar refractivity (Wildman–Crippen MR) is 62.4 cm³/mol. The fourth-order valence-electron chi connectivity index (χ4n) is 1.72. The second-order valence-corrected chi connectivity index (χ2v) is 4.86. The zero-order valence-electron chi connectivity index (χ0n) is 9.79. The monoisotopic (exact) mass is 277 g/mol. The van der Waals surface area contributed by atoms with Gasteiger partial charge in [0.1, 0.15) is 5.15 Å². The Balaban J connectivity index is 2.60. The summed E-state index contributed by atoms with van der Waals surface area (Å²) in [6.45, 7) is 4.44. The molecular formula is C11H11ClF3N3. The Morgan fingerprint density at radius 2 is 2.06 bits per heavy atom. The van der Waals surface area contributed by atoms with Gasteiger partial charge in [-0.15, -0.1) is 0 Å². The highest BCUT2D eigenvalue weighted by Crippen LogP contribution is 2.35. The standard InChI is InChI=1S/C11H11ClF3N3/c1-6(2)4-18-5-7-8(11(13,14)15)3-9(12)16-10(7)17-18/h3,5-6H,4H2,1-2H3. The van der Waals surface area contributed by atoms with Crippen LogP contribution in [-0.4, -0.2) is 14.8 Å². The summed E-state index contributed by atoms with van der Waals surface area (Å²) in [5.41, 5.74) is -0.775. The number of aromatic nitrogens is 3. The molecule has 0 bridgehead atoms. The Morgan fingerprint density at radius 1 is 1.39 bits per heavy atom. The molecule has 0 saturated heterocycles. The number of rotatable bonds is 2. The fourth-order valence-corrected chi connectivity index (χ4v) is 1.91. The lowest BCUT2D eigenvalue weighted by Crippen LogP contribution is -2.06. The highest BCUT2D eigenvalue weighted by atomic mass is 35.5. The van der Waals surface area contributed by atoms with Crippen molar-refractivity contribution < 1.29 is 13.2 Å². The van der Waals surface area contributed by atoms with Gasteiger partial charge in [0, 0.05) is 12.7 Å². The Morgan fingerprint density at radius 3 is 2.61 bits per heavy atom. The van der Waals surface area contributed by atoms with E-state index >= 15 is 0 Å². The Labute approximate surface area is 107 Å². The summed E-state index contributed by atoms with van der Waals surface area (Å²) < 4.78 is 40.0. The van der Waals surface area contributed by atoms with Crippen molar-refractivity contribution in [3.63, 3.8) is 0 Å². The lowest BCUT2D eigenvalue weighted by atomic mass is 10.2. The van der Waals surface area contributed by atoms with Gasteiger partial charge in [0.2, 0.25) is 0 Å². The Bertz CT molecular complexity index is 575. The minimum absolute atomic E-state index is 0.0208. The lowest BCUT2D eigenvalue weighted by Gasteiger charge is -2.07. The third-order valence-electron chi connectivity index (χ3n) is 2.37. The molecule has 2 aromatic heterocycles. The maximum absolute atomic E-state index is 12.8. The van der Waals surface area contributed by atoms with Gasteiger partial charge in [0.25, 0.3) is 0 Å². The smallest absolute Gasteiger partial charge is 0.270 e. The van der Waals surface area contributed by atoms with Crippen LogP contribution in [-0.2, 0) is 12.7 Å². The molecule has 0 amide bonds. The van der Waals surface area contributed by atoms with Crippen LogP contribution in [0.2, 0.25) is 5.15 Å². The normalized spacial score (nSPS) is 12.6. The molecule has 2 heterocycles. The maximum Gasteiger partial charge on any atom is 0.417 e. The van der Waals surface area contributed by atoms with Crippen molar-refractivity contribution in [3.8, 4) is 0 Å². The minimum Gasteiger partial charge on any atom is -0.270 e. The van der Waals surface area contributed by atoms with Crippen LogP contribution in [0.4, 0.5) is 13.2 Å². The number of nitrogens with zero attached hydrogens (tertiary/aromatic N) is 3. The van der Waals surface area contributed by atoms with E-state index in [0.29, 0.717) is 6.54 Å². The van der Waals surface area contributed by atoms with Gasteiger partial charge in [-0.1, -0.05) is 25.4 Å². The average molecular weight is 278 g/mol. The number of pyridine rings is 1. The molecule has 0 aliphatic carbocycles. The van der Waals surface area contributed by atoms with E-state index in [2.05, 4.69) is 10.1 Å². The maximum atomic E-state index is 12.8. The molecule has 0 aliphatic rings. The molecule has 3 nitrogen and oxygen atoms in total. The van der Waals surface area contributed by atoms with Gasteiger partial charge in [0.05, 0.1) is 10.9 Å². The van der Waals surface area contributed by atoms with E-state index < -0.39 is 11.7 Å². The SMILES string of the molecule is CC(C)Cn1cc2c(C(F)(F)F)cc(Cl)nc2n1. The van der Waals surface area contributed by atoms with Crippen LogP contribution in [0.5, 0.6) is 0 Å². The molecule has 18 heavy (non-hydrogen) atoms. The van der Waals surface area contributed by atoms with Crippen molar-refractivity contribution >= 4 is 22.6 Å². The first-order chi connectivity index (χ1) is 8.27. The van der Waals surface area contributed by atoms with Gasteiger partial charge in [-0.25, -0.2) is 4.98 Å². The Kier molecular flexibility index (Phi) is 3.23. The molecule has 0 fully saturated rings. The van der Waals surface area contributed by atoms with Crippen LogP contribution in [0.3, 0.4) is 0 Å². The van der Waals surface area contributed by atoms with E-state index in [1.165, 1.54) is 10.9 Å². The molecule has 0 saturated carbocycles. The topological polar surface area (TPSA) is 30.7 Å². The summed E-state index contributed by atoms with van der Waals surface area (Å²) in [5.74, 6) is 0.282. The number of halogens is 4. The zero-order valence-corrected chi connectivity index (χ0v) is 10.5. The van der Waals surface area contributed by atoms with E-state index in [9.17, 15) is 13.2 Å². The zero-order chi connectivity index (χ0) is 13.5. The lowest BCUT2D eigenvalue weighted by molar-refractivity contribution is -0.136. The summed E-state index contributed by atoms with van der Waals surface area (Å²) in [7, 11) is 0. The third-order valence-corrected chi connectivity index (χ3v) is 2.56. The van der Waals surface area contributed by atoms with Gasteiger partial charge in [0.15, 0.2) is 5.65 Å². The molecule has 0 aromatic carbocycles. The minimum atomic E-state index is -4.46. The molecule has 0 unspecified atom stereocenters. The molecule has 2 rings (SSSR count). The molecule has 0 N–H and O–H groups in total. The van der Waals surface area contributed by atoms with Crippen LogP contribution in [0.1, 0.15) is 19.4 Å². The van der Waals surface area contributed by atoms with Gasteiger partial charge in [-0.2, -0.15) is 18.3 Å². The van der Waals surface area contributed by atoms with Crippen LogP contribution in [0.25, 0.3) is 11.0 Å². The predicted octanol–water partition coefficient (Wildman–Crippen LogP) is 3.76. The average Bonchev–Trinajstić information content (AvgIpc) is 2.55. The van der Waals surface area contributed by atoms with E-state index in [1.807, 2.05) is 13.8 Å². The van der Waals surface area contributed by atoms with Crippen LogP contribution >= 0.6 is 11.6 Å². The van der Waals surface area contributed by atoms with Crippen molar-refractivity contribution in [2.45, 2.75) is 26.6 Å². The van der Waals surface area contributed by atoms with Crippen LogP contribution in [0.15, 0.2) is 12.3 Å². The molecule has 7 heteroatoms. The largest absolute Gasteiger partial charge is 0.417 e. The number of hydrogen-bond acceptors (Lipinski definition) is 2. The second kappa shape index (κ2) is 4.42. The van der Waals surface area contributed by atoms with Crippen LogP contribution < -0.4 is 0 Å². The van der Waals surface area contributed by atoms with E-state index in [-0.39, 0.29) is 22.1 Å². The third kappa shape index (κ3) is 2.58. The number of alkyl halides is 3. The van der Waals surface area contributed by atoms with Crippen molar-refractivity contribution in [2.24, 2.45) is 5.92 Å². The summed E-state index contributed by atoms with van der Waals surface area (Å²) >= 11 is 5.58. The Hall–Kier alpha value is -1.30. The van der Waals surface area contributed by atoms with Gasteiger partial charge < -0.3 is 0 Å². The quantitative estimate of drug-likeness (QED) is 0.783. The van der Waals surface area contributed by atoms with Crippen LogP contribution in [0, 0.1) is 5.92 Å². The first-order valence-corrected chi connectivity index (χ1v) is 5.76. The first-order valence-electron chi connectivity index (χ1n) is 5.38. The summed E-state index contributed by atoms with van der Waals surface area (Å²) in [6.07, 6.45) is -3.10. The van der Waals surface area contributed by atoms with Gasteiger partial charge >= 0.3 is 6.18 Å². The van der Waals surface area contributed by atoms with Crippen molar-refractivity contribution in [2.75, 3.05) is 0 Å². The van der Waals surface area contributed by atoms with Crippen molar-refractivity contribution in [1.29, 1.82) is 0 Å². The fraction of sp³-hybridized carbons (Fsp3) is 0.455. The highest BCUT2D eigenvalue weighted by molar-refractivity contribution is 6.29. The van der Waals surface area contributed by atoms with Crippen molar-refractivity contribution in [3.05, 3.63) is 23.0 Å². The van der Waals surface area contributed by atoms with E-state index in [1.54, 1.807) is 0 Å². The van der Waals surface area contributed by atoms with E-state index in [0.717, 1.165) is 6.07 Å². The molecule has 2 aromatic rings. The number of fused-ring (bicyclic) bond motifs is 1. The molecule has 0 spiro atoms. The summed E-state index contributed by atoms with van der Waals surface area (Å²) in [6, 6.07) is 0.825. The van der Waals surface area contributed by atoms with Gasteiger partial charge in [-0.3, -0.25) is 4.68 Å². The molecule has 0 aliphatic heterocycles. The van der Waals surface area contributed by atoms with E-state index in [4.69, 9.17) is 11.6 Å². The number of hydrogen-bond donors (Lipinski definition) is 0. The summed E-state index contributed by atoms with van der Waals surface area (Å²) in [4.78, 5) is 3.81. The van der Waals surface area contributed by atoms with Gasteiger partial charge in [-0.05, 0) is 12.0 Å². The summed E-state index contributed by atoms with van der Waals surface area (Å²) in [5, 5.41) is 3.78. The second-order valence-electron chi connectivity index (χ2n) is 4.47. The molecule has 0 radical (unpaired) electrons. The van der Waals surface area contributed by atoms with Crippen molar-refractivity contribution in [1.82, 2.24) is 14.8 Å². The molecule has 0 atom stereocenters.